The van der Waals surface area contributed by atoms with Crippen molar-refractivity contribution < 1.29 is 14.8 Å². The largest absolute Gasteiger partial charge is 0.492 e. The van der Waals surface area contributed by atoms with Crippen LogP contribution < -0.4 is 0 Å². The van der Waals surface area contributed by atoms with Gasteiger partial charge in [0, 0.05) is 11.0 Å². The van der Waals surface area contributed by atoms with Crippen molar-refractivity contribution in [1.29, 1.82) is 0 Å². The average Bonchev–Trinajstić information content (AvgIpc) is 2.69. The smallest absolute Gasteiger partial charge is 0.423 e. The third kappa shape index (κ3) is 1.42. The molecule has 0 bridgehead atoms. The number of allylic oxidation sites excluding steroid dienone is 5. The molecule has 2 aliphatic rings. The highest BCUT2D eigenvalue weighted by Crippen LogP contribution is 2.39. The Balaban J connectivity index is 2.16. The molecule has 82 valence electrons. The molecule has 0 aliphatic heterocycles. The van der Waals surface area contributed by atoms with E-state index in [1.807, 2.05) is 24.3 Å². The van der Waals surface area contributed by atoms with Crippen LogP contribution in [0.2, 0.25) is 0 Å². The summed E-state index contributed by atoms with van der Waals surface area (Å²) in [6, 6.07) is 7.71. The fourth-order valence-electron chi connectivity index (χ4n) is 2.22. The van der Waals surface area contributed by atoms with Crippen LogP contribution >= 0.6 is 0 Å². The lowest BCUT2D eigenvalue weighted by atomic mass is 9.71. The van der Waals surface area contributed by atoms with Crippen LogP contribution in [0.4, 0.5) is 0 Å². The number of fused-ring (bicyclic) bond motifs is 3. The molecular formula is C13H9BO3. The normalized spacial score (nSPS) is 16.8. The minimum absolute atomic E-state index is 0.0211. The van der Waals surface area contributed by atoms with Gasteiger partial charge in [-0.3, -0.25) is 4.79 Å². The van der Waals surface area contributed by atoms with Crippen molar-refractivity contribution in [2.75, 3.05) is 0 Å². The van der Waals surface area contributed by atoms with E-state index in [1.165, 1.54) is 6.08 Å². The Morgan fingerprint density at radius 2 is 1.76 bits per heavy atom. The van der Waals surface area contributed by atoms with Crippen molar-refractivity contribution in [2.45, 2.75) is 0 Å². The van der Waals surface area contributed by atoms with Crippen molar-refractivity contribution >= 4 is 24.6 Å². The molecule has 1 aromatic rings. The Hall–Kier alpha value is -1.91. The second kappa shape index (κ2) is 3.55. The molecule has 0 radical (unpaired) electrons. The summed E-state index contributed by atoms with van der Waals surface area (Å²) in [5, 5.41) is 18.2. The maximum absolute atomic E-state index is 12.0. The fraction of sp³-hybridized carbons (Fsp3) is 0. The van der Waals surface area contributed by atoms with Gasteiger partial charge in [0.2, 0.25) is 0 Å². The first-order valence-electron chi connectivity index (χ1n) is 5.32. The zero-order valence-electron chi connectivity index (χ0n) is 8.92. The maximum atomic E-state index is 12.0. The van der Waals surface area contributed by atoms with Crippen LogP contribution in [0.3, 0.4) is 0 Å². The van der Waals surface area contributed by atoms with Crippen LogP contribution in [0.25, 0.3) is 11.6 Å². The highest BCUT2D eigenvalue weighted by Gasteiger charge is 2.32. The minimum atomic E-state index is -1.72. The molecule has 0 fully saturated rings. The first-order chi connectivity index (χ1) is 8.18. The molecule has 2 N–H and O–H groups in total. The molecule has 0 saturated heterocycles. The van der Waals surface area contributed by atoms with Gasteiger partial charge >= 0.3 is 7.12 Å². The van der Waals surface area contributed by atoms with E-state index in [9.17, 15) is 4.79 Å². The van der Waals surface area contributed by atoms with Crippen molar-refractivity contribution in [3.63, 3.8) is 0 Å². The molecule has 0 spiro atoms. The van der Waals surface area contributed by atoms with Gasteiger partial charge in [-0.25, -0.2) is 0 Å². The molecule has 0 saturated carbocycles. The van der Waals surface area contributed by atoms with Gasteiger partial charge in [0.05, 0.1) is 0 Å². The van der Waals surface area contributed by atoms with Gasteiger partial charge in [-0.2, -0.15) is 0 Å². The molecule has 1 aromatic carbocycles. The lowest BCUT2D eigenvalue weighted by molar-refractivity contribution is -0.111. The summed E-state index contributed by atoms with van der Waals surface area (Å²) in [5.74, 6) is -0.311. The number of carbonyl (C=O) groups is 1. The molecule has 4 heteroatoms. The van der Waals surface area contributed by atoms with Crippen molar-refractivity contribution in [3.8, 4) is 0 Å². The highest BCUT2D eigenvalue weighted by atomic mass is 16.4. The molecular weight excluding hydrogens is 215 g/mol. The van der Waals surface area contributed by atoms with E-state index in [4.69, 9.17) is 10.0 Å². The van der Waals surface area contributed by atoms with E-state index < -0.39 is 7.12 Å². The lowest BCUT2D eigenvalue weighted by Gasteiger charge is -2.13. The van der Waals surface area contributed by atoms with E-state index in [1.54, 1.807) is 12.2 Å². The van der Waals surface area contributed by atoms with Crippen LogP contribution in [0.5, 0.6) is 0 Å². The van der Waals surface area contributed by atoms with Gasteiger partial charge in [0.25, 0.3) is 0 Å². The quantitative estimate of drug-likeness (QED) is 0.699. The van der Waals surface area contributed by atoms with Gasteiger partial charge in [0.1, 0.15) is 0 Å². The predicted octanol–water partition coefficient (Wildman–Crippen LogP) is 0.988. The molecule has 0 aromatic heterocycles. The number of Topliss-reactive ketones (excluding diaryl/α,β-unsaturated/α-hetero) is 1. The summed E-state index contributed by atoms with van der Waals surface area (Å²) < 4.78 is 0. The summed E-state index contributed by atoms with van der Waals surface area (Å²) >= 11 is 0. The summed E-state index contributed by atoms with van der Waals surface area (Å²) in [6.07, 6.45) is 5.02. The zero-order chi connectivity index (χ0) is 12.0. The van der Waals surface area contributed by atoms with Crippen LogP contribution in [0, 0.1) is 0 Å². The third-order valence-electron chi connectivity index (χ3n) is 3.06. The van der Waals surface area contributed by atoms with E-state index in [0.717, 1.165) is 16.7 Å². The molecule has 17 heavy (non-hydrogen) atoms. The topological polar surface area (TPSA) is 57.5 Å². The second-order valence-corrected chi connectivity index (χ2v) is 4.05. The Labute approximate surface area is 98.5 Å². The van der Waals surface area contributed by atoms with Crippen molar-refractivity contribution in [1.82, 2.24) is 0 Å². The molecule has 0 unspecified atom stereocenters. The third-order valence-corrected chi connectivity index (χ3v) is 3.06. The lowest BCUT2D eigenvalue weighted by Crippen LogP contribution is -2.25. The van der Waals surface area contributed by atoms with E-state index in [2.05, 4.69) is 0 Å². The number of hydrogen-bond donors (Lipinski definition) is 2. The van der Waals surface area contributed by atoms with Crippen molar-refractivity contribution in [3.05, 3.63) is 58.6 Å². The standard InChI is InChI=1S/C13H9BO3/c15-13-11-7-8-3-1-2-4-9(8)10(11)5-6-12(13)14(16)17/h1-7,16-17H. The predicted molar refractivity (Wildman–Crippen MR) is 65.7 cm³/mol. The Morgan fingerprint density at radius 1 is 1.00 bits per heavy atom. The zero-order valence-corrected chi connectivity index (χ0v) is 8.92. The fourth-order valence-corrected chi connectivity index (χ4v) is 2.22. The summed E-state index contributed by atoms with van der Waals surface area (Å²) in [6.45, 7) is 0. The number of rotatable bonds is 1. The van der Waals surface area contributed by atoms with Gasteiger partial charge < -0.3 is 10.0 Å². The van der Waals surface area contributed by atoms with Gasteiger partial charge in [-0.15, -0.1) is 0 Å². The molecule has 0 atom stereocenters. The monoisotopic (exact) mass is 224 g/mol. The summed E-state index contributed by atoms with van der Waals surface area (Å²) in [7, 11) is -1.72. The average molecular weight is 224 g/mol. The van der Waals surface area contributed by atoms with Crippen LogP contribution in [0.1, 0.15) is 11.1 Å². The second-order valence-electron chi connectivity index (χ2n) is 4.05. The Bertz CT molecular complexity index is 609. The SMILES string of the molecule is O=C1C(B(O)O)=CC=C2C1=Cc1ccccc12. The first kappa shape index (κ1) is 10.3. The minimum Gasteiger partial charge on any atom is -0.423 e. The number of benzene rings is 1. The number of hydrogen-bond acceptors (Lipinski definition) is 3. The van der Waals surface area contributed by atoms with E-state index >= 15 is 0 Å². The highest BCUT2D eigenvalue weighted by molar-refractivity contribution is 6.61. The Morgan fingerprint density at radius 3 is 2.53 bits per heavy atom. The summed E-state index contributed by atoms with van der Waals surface area (Å²) in [5.41, 5.74) is 3.42. The maximum Gasteiger partial charge on any atom is 0.492 e. The van der Waals surface area contributed by atoms with Gasteiger partial charge in [-0.05, 0) is 22.8 Å². The number of ketones is 1. The molecule has 0 heterocycles. The molecule has 3 nitrogen and oxygen atoms in total. The van der Waals surface area contributed by atoms with Gasteiger partial charge in [-0.1, -0.05) is 36.4 Å². The van der Waals surface area contributed by atoms with Crippen LogP contribution in [0.15, 0.2) is 47.5 Å². The molecule has 0 amide bonds. The molecule has 2 aliphatic carbocycles. The summed E-state index contributed by atoms with van der Waals surface area (Å²) in [4.78, 5) is 12.0. The van der Waals surface area contributed by atoms with Gasteiger partial charge in [0.15, 0.2) is 5.78 Å². The van der Waals surface area contributed by atoms with Crippen molar-refractivity contribution in [2.24, 2.45) is 0 Å². The van der Waals surface area contributed by atoms with E-state index in [-0.39, 0.29) is 11.3 Å². The molecule has 3 rings (SSSR count). The van der Waals surface area contributed by atoms with Crippen LogP contribution in [-0.4, -0.2) is 22.9 Å². The van der Waals surface area contributed by atoms with Crippen LogP contribution in [-0.2, 0) is 4.79 Å². The van der Waals surface area contributed by atoms with E-state index in [0.29, 0.717) is 5.57 Å². The first-order valence-corrected chi connectivity index (χ1v) is 5.32. The number of carbonyl (C=O) groups excluding carboxylic acids is 1. The Kier molecular flexibility index (Phi) is 2.14.